The van der Waals surface area contributed by atoms with E-state index in [4.69, 9.17) is 4.79 Å². The number of Topliss-reactive ketones (excluding diaryl/α,β-unsaturated/α-hetero) is 2. The van der Waals surface area contributed by atoms with Crippen LogP contribution >= 0.6 is 0 Å². The van der Waals surface area contributed by atoms with Crippen LogP contribution in [-0.4, -0.2) is 43.0 Å². The fourth-order valence-corrected chi connectivity index (χ4v) is 0.466. The third-order valence-electron chi connectivity index (χ3n) is 1.44. The zero-order valence-electron chi connectivity index (χ0n) is 14.6. The molecule has 0 heterocycles. The molecule has 0 rings (SSSR count). The van der Waals surface area contributed by atoms with Gasteiger partial charge in [-0.3, -0.25) is 19.2 Å². The standard InChI is InChI=1S/C5H10O2.C4H8O2.C4H6O2.C2H4O/c1-3-5(6)7-4-2;1-3-6-4(2)5;1-3(5)4(2)6;1-2-3/h3-4H2,1-2H3;3H2,1-2H3;1-2H3;2H,1H3. The molecule has 0 saturated heterocycles. The van der Waals surface area contributed by atoms with E-state index in [0.717, 1.165) is 6.29 Å². The third-order valence-corrected chi connectivity index (χ3v) is 1.44. The zero-order chi connectivity index (χ0) is 18.6. The van der Waals surface area contributed by atoms with Gasteiger partial charge in [-0.25, -0.2) is 0 Å². The third kappa shape index (κ3) is 52.1. The van der Waals surface area contributed by atoms with E-state index in [1.54, 1.807) is 20.8 Å². The van der Waals surface area contributed by atoms with Gasteiger partial charge in [0.1, 0.15) is 6.29 Å². The molecule has 0 amide bonds. The maximum atomic E-state index is 10.2. The van der Waals surface area contributed by atoms with Crippen molar-refractivity contribution in [3.63, 3.8) is 0 Å². The van der Waals surface area contributed by atoms with Crippen molar-refractivity contribution in [2.24, 2.45) is 0 Å². The number of esters is 2. The molecule has 0 aliphatic carbocycles. The first-order chi connectivity index (χ1) is 10.1. The molecule has 0 spiro atoms. The first kappa shape index (κ1) is 28.2. The number of carbonyl (C=O) groups excluding carboxylic acids is 5. The maximum Gasteiger partial charge on any atom is 0.305 e. The molecule has 0 saturated carbocycles. The van der Waals surface area contributed by atoms with E-state index in [-0.39, 0.29) is 23.5 Å². The highest BCUT2D eigenvalue weighted by Gasteiger charge is 1.94. The Morgan fingerprint density at radius 2 is 1.14 bits per heavy atom. The van der Waals surface area contributed by atoms with E-state index in [0.29, 0.717) is 19.6 Å². The second-order valence-electron chi connectivity index (χ2n) is 3.43. The molecular weight excluding hydrogens is 292 g/mol. The summed E-state index contributed by atoms with van der Waals surface area (Å²) in [7, 11) is 0. The van der Waals surface area contributed by atoms with Gasteiger partial charge in [-0.05, 0) is 20.8 Å². The highest BCUT2D eigenvalue weighted by atomic mass is 16.5. The topological polar surface area (TPSA) is 104 Å². The van der Waals surface area contributed by atoms with E-state index in [9.17, 15) is 19.2 Å². The first-order valence-electron chi connectivity index (χ1n) is 6.84. The normalized spacial score (nSPS) is 7.41. The summed E-state index contributed by atoms with van der Waals surface area (Å²) < 4.78 is 8.95. The molecule has 0 N–H and O–H groups in total. The number of ether oxygens (including phenoxy) is 2. The lowest BCUT2D eigenvalue weighted by molar-refractivity contribution is -0.143. The molecule has 7 heteroatoms. The zero-order valence-corrected chi connectivity index (χ0v) is 14.6. The van der Waals surface area contributed by atoms with Crippen LogP contribution in [0.25, 0.3) is 0 Å². The van der Waals surface area contributed by atoms with E-state index >= 15 is 0 Å². The van der Waals surface area contributed by atoms with E-state index in [1.165, 1.54) is 27.7 Å². The Morgan fingerprint density at radius 1 is 0.818 bits per heavy atom. The molecule has 130 valence electrons. The average Bonchev–Trinajstić information content (AvgIpc) is 2.41. The quantitative estimate of drug-likeness (QED) is 0.442. The van der Waals surface area contributed by atoms with E-state index in [1.807, 2.05) is 0 Å². The van der Waals surface area contributed by atoms with Crippen molar-refractivity contribution < 1.29 is 33.4 Å². The lowest BCUT2D eigenvalue weighted by Gasteiger charge is -1.93. The molecule has 0 atom stereocenters. The summed E-state index contributed by atoms with van der Waals surface area (Å²) in [5, 5.41) is 0. The molecule has 0 aromatic heterocycles. The van der Waals surface area contributed by atoms with Gasteiger partial charge < -0.3 is 14.3 Å². The van der Waals surface area contributed by atoms with Crippen molar-refractivity contribution >= 4 is 29.8 Å². The average molecular weight is 320 g/mol. The minimum Gasteiger partial charge on any atom is -0.466 e. The summed E-state index contributed by atoms with van der Waals surface area (Å²) in [6.07, 6.45) is 1.23. The molecule has 22 heavy (non-hydrogen) atoms. The van der Waals surface area contributed by atoms with Crippen LogP contribution in [0.3, 0.4) is 0 Å². The Morgan fingerprint density at radius 3 is 1.18 bits per heavy atom. The molecule has 0 aliphatic heterocycles. The summed E-state index contributed by atoms with van der Waals surface area (Å²) >= 11 is 0. The van der Waals surface area contributed by atoms with Crippen LogP contribution in [0, 0.1) is 0 Å². The van der Waals surface area contributed by atoms with E-state index < -0.39 is 0 Å². The van der Waals surface area contributed by atoms with Crippen molar-refractivity contribution in [1.29, 1.82) is 0 Å². The molecule has 0 aromatic carbocycles. The van der Waals surface area contributed by atoms with Crippen LogP contribution in [0.1, 0.15) is 54.9 Å². The SMILES string of the molecule is CC(=O)C(C)=O.CC=O.CCOC(=O)CC.CCOC(C)=O. The summed E-state index contributed by atoms with van der Waals surface area (Å²) in [6.45, 7) is 11.7. The molecule has 0 unspecified atom stereocenters. The molecule has 0 aliphatic rings. The van der Waals surface area contributed by atoms with Crippen LogP contribution in [0.2, 0.25) is 0 Å². The maximum absolute atomic E-state index is 10.2. The van der Waals surface area contributed by atoms with Crippen molar-refractivity contribution in [2.75, 3.05) is 13.2 Å². The van der Waals surface area contributed by atoms with Gasteiger partial charge in [-0.2, -0.15) is 0 Å². The lowest BCUT2D eigenvalue weighted by atomic mass is 10.3. The Labute approximate surface area is 132 Å². The minimum atomic E-state index is -0.380. The Kier molecular flexibility index (Phi) is 30.7. The second kappa shape index (κ2) is 24.0. The molecule has 0 aromatic rings. The van der Waals surface area contributed by atoms with Crippen molar-refractivity contribution in [2.45, 2.75) is 54.9 Å². The van der Waals surface area contributed by atoms with Crippen LogP contribution in [0.4, 0.5) is 0 Å². The Balaban J connectivity index is -0.000000102. The van der Waals surface area contributed by atoms with Crippen LogP contribution in [0.15, 0.2) is 0 Å². The summed E-state index contributed by atoms with van der Waals surface area (Å²) in [5.41, 5.74) is 0. The van der Waals surface area contributed by atoms with Crippen molar-refractivity contribution in [3.8, 4) is 0 Å². The van der Waals surface area contributed by atoms with Gasteiger partial charge >= 0.3 is 11.9 Å². The number of ketones is 2. The largest absolute Gasteiger partial charge is 0.466 e. The second-order valence-corrected chi connectivity index (χ2v) is 3.43. The first-order valence-corrected chi connectivity index (χ1v) is 6.84. The Hall–Kier alpha value is -2.05. The smallest absolute Gasteiger partial charge is 0.305 e. The predicted octanol–water partition coefficient (Wildman–Crippen LogP) is 1.90. The monoisotopic (exact) mass is 320 g/mol. The minimum absolute atomic E-state index is 0.123. The number of rotatable bonds is 4. The summed E-state index contributed by atoms with van der Waals surface area (Å²) in [6, 6.07) is 0. The number of hydrogen-bond acceptors (Lipinski definition) is 7. The molecule has 0 bridgehead atoms. The highest BCUT2D eigenvalue weighted by Crippen LogP contribution is 1.80. The van der Waals surface area contributed by atoms with Gasteiger partial charge in [0.05, 0.1) is 13.2 Å². The number of hydrogen-bond donors (Lipinski definition) is 0. The van der Waals surface area contributed by atoms with E-state index in [2.05, 4.69) is 9.47 Å². The van der Waals surface area contributed by atoms with Crippen LogP contribution in [-0.2, 0) is 33.4 Å². The van der Waals surface area contributed by atoms with Gasteiger partial charge in [-0.15, -0.1) is 0 Å². The van der Waals surface area contributed by atoms with Gasteiger partial charge in [0.25, 0.3) is 0 Å². The van der Waals surface area contributed by atoms with Crippen molar-refractivity contribution in [1.82, 2.24) is 0 Å². The van der Waals surface area contributed by atoms with Gasteiger partial charge in [0, 0.05) is 27.2 Å². The fraction of sp³-hybridized carbons (Fsp3) is 0.667. The Bertz CT molecular complexity index is 310. The van der Waals surface area contributed by atoms with Gasteiger partial charge in [0.15, 0.2) is 11.6 Å². The van der Waals surface area contributed by atoms with Crippen LogP contribution < -0.4 is 0 Å². The molecule has 7 nitrogen and oxygen atoms in total. The predicted molar refractivity (Wildman–Crippen MR) is 82.3 cm³/mol. The fourth-order valence-electron chi connectivity index (χ4n) is 0.466. The van der Waals surface area contributed by atoms with Gasteiger partial charge in [-0.1, -0.05) is 6.92 Å². The summed E-state index contributed by atoms with van der Waals surface area (Å²) in [5.74, 6) is -1.09. The molecule has 0 fully saturated rings. The number of aldehydes is 1. The summed E-state index contributed by atoms with van der Waals surface area (Å²) in [4.78, 5) is 48.4. The molecule has 0 radical (unpaired) electrons. The highest BCUT2D eigenvalue weighted by molar-refractivity contribution is 6.35. The number of carbonyl (C=O) groups is 5. The molecular formula is C15H28O7. The van der Waals surface area contributed by atoms with Crippen molar-refractivity contribution in [3.05, 3.63) is 0 Å². The van der Waals surface area contributed by atoms with Crippen LogP contribution in [0.5, 0.6) is 0 Å². The lowest BCUT2D eigenvalue weighted by Crippen LogP contribution is -2.01. The van der Waals surface area contributed by atoms with Gasteiger partial charge in [0.2, 0.25) is 0 Å².